The molecule has 0 aromatic heterocycles. The van der Waals surface area contributed by atoms with Crippen LogP contribution in [0.1, 0.15) is 47.0 Å². The molecule has 2 fully saturated rings. The van der Waals surface area contributed by atoms with Crippen LogP contribution in [-0.4, -0.2) is 24.1 Å². The van der Waals surface area contributed by atoms with Crippen LogP contribution in [0.5, 0.6) is 0 Å². The van der Waals surface area contributed by atoms with Gasteiger partial charge in [-0.15, -0.1) is 0 Å². The number of nitrogens with zero attached hydrogens (tertiary/aromatic N) is 1. The normalized spacial score (nSPS) is 28.1. The van der Waals surface area contributed by atoms with E-state index in [4.69, 9.17) is 10.9 Å². The van der Waals surface area contributed by atoms with E-state index in [1.807, 2.05) is 0 Å². The molecule has 0 aromatic carbocycles. The van der Waals surface area contributed by atoms with E-state index in [2.05, 4.69) is 38.2 Å². The van der Waals surface area contributed by atoms with E-state index in [0.717, 1.165) is 19.0 Å². The Bertz CT molecular complexity index is 342. The van der Waals surface area contributed by atoms with Crippen LogP contribution in [0.15, 0.2) is 5.16 Å². The Morgan fingerprint density at radius 3 is 2.22 bits per heavy atom. The van der Waals surface area contributed by atoms with E-state index >= 15 is 0 Å². The first-order valence-corrected chi connectivity index (χ1v) is 6.92. The average Bonchev–Trinajstić information content (AvgIpc) is 3.11. The number of hydrogen-bond donors (Lipinski definition) is 3. The van der Waals surface area contributed by atoms with Gasteiger partial charge in [0, 0.05) is 13.0 Å². The molecule has 0 heterocycles. The first kappa shape index (κ1) is 13.7. The zero-order valence-electron chi connectivity index (χ0n) is 12.1. The minimum Gasteiger partial charge on any atom is -0.409 e. The number of nitrogens with one attached hydrogen (secondary N) is 1. The van der Waals surface area contributed by atoms with Crippen molar-refractivity contribution in [2.45, 2.75) is 47.0 Å². The highest BCUT2D eigenvalue weighted by Gasteiger charge is 2.63. The van der Waals surface area contributed by atoms with Crippen LogP contribution in [0.3, 0.4) is 0 Å². The first-order chi connectivity index (χ1) is 8.25. The molecule has 4 N–H and O–H groups in total. The van der Waals surface area contributed by atoms with Crippen molar-refractivity contribution in [3.8, 4) is 0 Å². The third kappa shape index (κ3) is 2.22. The number of nitrogens with two attached hydrogens (primary N) is 1. The molecule has 18 heavy (non-hydrogen) atoms. The zero-order valence-corrected chi connectivity index (χ0v) is 12.1. The van der Waals surface area contributed by atoms with E-state index in [-0.39, 0.29) is 5.41 Å². The molecule has 0 bridgehead atoms. The van der Waals surface area contributed by atoms with Gasteiger partial charge < -0.3 is 16.3 Å². The maximum atomic E-state index is 8.63. The van der Waals surface area contributed by atoms with E-state index in [1.54, 1.807) is 0 Å². The Balaban J connectivity index is 1.74. The second kappa shape index (κ2) is 4.12. The number of amidine groups is 1. The van der Waals surface area contributed by atoms with Crippen molar-refractivity contribution < 1.29 is 5.21 Å². The first-order valence-electron chi connectivity index (χ1n) is 6.92. The van der Waals surface area contributed by atoms with Gasteiger partial charge in [0.25, 0.3) is 0 Å². The predicted octanol–water partition coefficient (Wildman–Crippen LogP) is 2.17. The standard InChI is InChI=1S/C14H27N3O/c1-12(2)10(13(12,3)4)8-16-9-14(5-6-14)7-11(15)17-18/h10,16,18H,5-9H2,1-4H3,(H2,15,17). The molecule has 2 rings (SSSR count). The zero-order chi connectivity index (χ0) is 13.6. The maximum Gasteiger partial charge on any atom is 0.139 e. The molecular formula is C14H27N3O. The van der Waals surface area contributed by atoms with E-state index in [9.17, 15) is 0 Å². The van der Waals surface area contributed by atoms with Crippen molar-refractivity contribution >= 4 is 5.84 Å². The van der Waals surface area contributed by atoms with Gasteiger partial charge in [-0.05, 0) is 41.5 Å². The van der Waals surface area contributed by atoms with Gasteiger partial charge in [0.15, 0.2) is 0 Å². The van der Waals surface area contributed by atoms with Gasteiger partial charge in [0.1, 0.15) is 5.84 Å². The lowest BCUT2D eigenvalue weighted by Gasteiger charge is -2.15. The molecule has 0 atom stereocenters. The van der Waals surface area contributed by atoms with Crippen molar-refractivity contribution in [1.29, 1.82) is 0 Å². The summed E-state index contributed by atoms with van der Waals surface area (Å²) < 4.78 is 0. The highest BCUT2D eigenvalue weighted by Crippen LogP contribution is 2.68. The van der Waals surface area contributed by atoms with Crippen LogP contribution in [0, 0.1) is 22.2 Å². The van der Waals surface area contributed by atoms with Gasteiger partial charge in [-0.3, -0.25) is 0 Å². The van der Waals surface area contributed by atoms with Crippen molar-refractivity contribution in [3.05, 3.63) is 0 Å². The molecule has 0 saturated heterocycles. The van der Waals surface area contributed by atoms with E-state index in [1.165, 1.54) is 12.8 Å². The van der Waals surface area contributed by atoms with Gasteiger partial charge in [0.2, 0.25) is 0 Å². The minimum atomic E-state index is 0.263. The largest absolute Gasteiger partial charge is 0.409 e. The second-order valence-electron chi connectivity index (χ2n) is 7.39. The van der Waals surface area contributed by atoms with Gasteiger partial charge in [-0.25, -0.2) is 0 Å². The van der Waals surface area contributed by atoms with Crippen LogP contribution in [0.25, 0.3) is 0 Å². The molecule has 104 valence electrons. The lowest BCUT2D eigenvalue weighted by atomic mass is 10.0. The molecule has 2 saturated carbocycles. The van der Waals surface area contributed by atoms with Gasteiger partial charge in [-0.2, -0.15) is 0 Å². The summed E-state index contributed by atoms with van der Waals surface area (Å²) in [7, 11) is 0. The molecule has 0 unspecified atom stereocenters. The molecular weight excluding hydrogens is 226 g/mol. The van der Waals surface area contributed by atoms with Gasteiger partial charge in [0.05, 0.1) is 0 Å². The number of oxime groups is 1. The average molecular weight is 253 g/mol. The minimum absolute atomic E-state index is 0.263. The molecule has 0 spiro atoms. The Morgan fingerprint density at radius 2 is 1.83 bits per heavy atom. The van der Waals surface area contributed by atoms with E-state index < -0.39 is 0 Å². The fourth-order valence-electron chi connectivity index (χ4n) is 3.34. The fourth-order valence-corrected chi connectivity index (χ4v) is 3.34. The number of rotatable bonds is 6. The molecule has 0 radical (unpaired) electrons. The monoisotopic (exact) mass is 253 g/mol. The topological polar surface area (TPSA) is 70.6 Å². The Hall–Kier alpha value is -0.770. The Labute approximate surface area is 110 Å². The second-order valence-corrected chi connectivity index (χ2v) is 7.39. The molecule has 0 aliphatic heterocycles. The van der Waals surface area contributed by atoms with Crippen molar-refractivity contribution in [1.82, 2.24) is 5.32 Å². The van der Waals surface area contributed by atoms with Crippen molar-refractivity contribution in [3.63, 3.8) is 0 Å². The SMILES string of the molecule is CC1(C)C(CNCC2(CC(N)=NO)CC2)C1(C)C. The molecule has 4 heteroatoms. The maximum absolute atomic E-state index is 8.63. The summed E-state index contributed by atoms with van der Waals surface area (Å²) in [6.45, 7) is 11.5. The summed E-state index contributed by atoms with van der Waals surface area (Å²) in [4.78, 5) is 0. The lowest BCUT2D eigenvalue weighted by Crippen LogP contribution is -2.30. The molecule has 2 aliphatic rings. The summed E-state index contributed by atoms with van der Waals surface area (Å²) in [5, 5.41) is 15.3. The highest BCUT2D eigenvalue weighted by atomic mass is 16.4. The van der Waals surface area contributed by atoms with Crippen LogP contribution < -0.4 is 11.1 Å². The Morgan fingerprint density at radius 1 is 1.28 bits per heavy atom. The molecule has 0 amide bonds. The molecule has 0 aromatic rings. The highest BCUT2D eigenvalue weighted by molar-refractivity contribution is 5.80. The predicted molar refractivity (Wildman–Crippen MR) is 73.6 cm³/mol. The fraction of sp³-hybridized carbons (Fsp3) is 0.929. The smallest absolute Gasteiger partial charge is 0.139 e. The van der Waals surface area contributed by atoms with Crippen LogP contribution >= 0.6 is 0 Å². The number of hydrogen-bond acceptors (Lipinski definition) is 3. The molecule has 4 nitrogen and oxygen atoms in total. The summed E-state index contributed by atoms with van der Waals surface area (Å²) in [5.74, 6) is 1.12. The third-order valence-corrected chi connectivity index (χ3v) is 5.81. The van der Waals surface area contributed by atoms with Crippen LogP contribution in [0.2, 0.25) is 0 Å². The summed E-state index contributed by atoms with van der Waals surface area (Å²) in [6.07, 6.45) is 3.09. The van der Waals surface area contributed by atoms with Crippen molar-refractivity contribution in [2.24, 2.45) is 33.1 Å². The van der Waals surface area contributed by atoms with Crippen LogP contribution in [-0.2, 0) is 0 Å². The van der Waals surface area contributed by atoms with Crippen LogP contribution in [0.4, 0.5) is 0 Å². The molecule has 2 aliphatic carbocycles. The summed E-state index contributed by atoms with van der Waals surface area (Å²) in [6, 6.07) is 0. The summed E-state index contributed by atoms with van der Waals surface area (Å²) >= 11 is 0. The summed E-state index contributed by atoms with van der Waals surface area (Å²) in [5.41, 5.74) is 6.76. The van der Waals surface area contributed by atoms with Crippen molar-refractivity contribution in [2.75, 3.05) is 13.1 Å². The van der Waals surface area contributed by atoms with Gasteiger partial charge in [-0.1, -0.05) is 32.9 Å². The lowest BCUT2D eigenvalue weighted by molar-refractivity contribution is 0.314. The quantitative estimate of drug-likeness (QED) is 0.294. The van der Waals surface area contributed by atoms with E-state index in [0.29, 0.717) is 23.1 Å². The Kier molecular flexibility index (Phi) is 3.13. The third-order valence-electron chi connectivity index (χ3n) is 5.81. The van der Waals surface area contributed by atoms with Gasteiger partial charge >= 0.3 is 0 Å².